The van der Waals surface area contributed by atoms with Gasteiger partial charge in [-0.3, -0.25) is 9.59 Å². The van der Waals surface area contributed by atoms with Crippen LogP contribution in [0.25, 0.3) is 0 Å². The number of hydrogen-bond acceptors (Lipinski definition) is 5. The lowest BCUT2D eigenvalue weighted by molar-refractivity contribution is -0.155. The first kappa shape index (κ1) is 20.5. The van der Waals surface area contributed by atoms with Crippen LogP contribution in [0.2, 0.25) is 0 Å². The Labute approximate surface area is 180 Å². The third-order valence-corrected chi connectivity index (χ3v) is 5.60. The summed E-state index contributed by atoms with van der Waals surface area (Å²) in [6, 6.07) is 25.2. The summed E-state index contributed by atoms with van der Waals surface area (Å²) in [7, 11) is 1.57. The van der Waals surface area contributed by atoms with E-state index < -0.39 is 23.6 Å². The van der Waals surface area contributed by atoms with Gasteiger partial charge >= 0.3 is 5.97 Å². The number of hydrogen-bond donors (Lipinski definition) is 0. The van der Waals surface area contributed by atoms with Gasteiger partial charge in [0.15, 0.2) is 5.78 Å². The second-order valence-corrected chi connectivity index (χ2v) is 7.51. The van der Waals surface area contributed by atoms with Crippen LogP contribution >= 0.6 is 0 Å². The summed E-state index contributed by atoms with van der Waals surface area (Å²) in [6.07, 6.45) is 0. The van der Waals surface area contributed by atoms with E-state index in [1.54, 1.807) is 43.5 Å². The second kappa shape index (κ2) is 8.96. The fourth-order valence-electron chi connectivity index (χ4n) is 3.93. The number of Topliss-reactive ketones (excluding diaryl/α,β-unsaturated/α-hetero) is 2. The minimum Gasteiger partial charge on any atom is -0.497 e. The predicted octanol–water partition coefficient (Wildman–Crippen LogP) is 4.22. The molecule has 1 saturated carbocycles. The monoisotopic (exact) mass is 414 g/mol. The van der Waals surface area contributed by atoms with E-state index in [-0.39, 0.29) is 18.3 Å². The molecule has 0 spiro atoms. The Morgan fingerprint density at radius 1 is 0.774 bits per heavy atom. The Balaban J connectivity index is 1.54. The summed E-state index contributed by atoms with van der Waals surface area (Å²) in [5.74, 6) is -2.72. The molecule has 3 aromatic carbocycles. The maximum absolute atomic E-state index is 13.1. The molecule has 1 fully saturated rings. The molecule has 0 aromatic heterocycles. The number of methoxy groups -OCH3 is 1. The number of ketones is 2. The Morgan fingerprint density at radius 3 is 2.00 bits per heavy atom. The zero-order chi connectivity index (χ0) is 21.8. The van der Waals surface area contributed by atoms with Crippen LogP contribution in [0.3, 0.4) is 0 Å². The summed E-state index contributed by atoms with van der Waals surface area (Å²) >= 11 is 0. The van der Waals surface area contributed by atoms with E-state index in [4.69, 9.17) is 9.47 Å². The van der Waals surface area contributed by atoms with Crippen molar-refractivity contribution in [2.45, 2.75) is 12.5 Å². The SMILES string of the molecule is COc1ccc([C@H]2[C@H](C(=O)c3ccccc3)[C@@H]2C(=O)C(=O)OCc2ccccc2)cc1. The molecule has 0 unspecified atom stereocenters. The summed E-state index contributed by atoms with van der Waals surface area (Å²) in [6.45, 7) is 0.0165. The Bertz CT molecular complexity index is 1070. The van der Waals surface area contributed by atoms with Crippen molar-refractivity contribution in [2.24, 2.45) is 11.8 Å². The van der Waals surface area contributed by atoms with E-state index in [1.807, 2.05) is 48.5 Å². The molecule has 3 aromatic rings. The van der Waals surface area contributed by atoms with Gasteiger partial charge in [0.1, 0.15) is 12.4 Å². The molecule has 5 heteroatoms. The largest absolute Gasteiger partial charge is 0.497 e. The first-order valence-corrected chi connectivity index (χ1v) is 10.1. The number of ether oxygens (including phenoxy) is 2. The average Bonchev–Trinajstić information content (AvgIpc) is 3.58. The molecule has 0 N–H and O–H groups in total. The average molecular weight is 414 g/mol. The fraction of sp³-hybridized carbons (Fsp3) is 0.192. The van der Waals surface area contributed by atoms with Gasteiger partial charge in [0, 0.05) is 23.3 Å². The first-order chi connectivity index (χ1) is 15.1. The highest BCUT2D eigenvalue weighted by atomic mass is 16.5. The van der Waals surface area contributed by atoms with E-state index >= 15 is 0 Å². The van der Waals surface area contributed by atoms with Crippen molar-refractivity contribution in [3.63, 3.8) is 0 Å². The highest BCUT2D eigenvalue weighted by Crippen LogP contribution is 2.56. The van der Waals surface area contributed by atoms with Crippen molar-refractivity contribution in [1.82, 2.24) is 0 Å². The Hall–Kier alpha value is -3.73. The molecule has 0 heterocycles. The number of rotatable bonds is 8. The summed E-state index contributed by atoms with van der Waals surface area (Å²) in [5.41, 5.74) is 2.14. The molecule has 0 bridgehead atoms. The number of carbonyl (C=O) groups excluding carboxylic acids is 3. The van der Waals surface area contributed by atoms with Crippen LogP contribution in [0.15, 0.2) is 84.9 Å². The Morgan fingerprint density at radius 2 is 1.39 bits per heavy atom. The lowest BCUT2D eigenvalue weighted by atomic mass is 10.0. The molecule has 0 saturated heterocycles. The lowest BCUT2D eigenvalue weighted by Gasteiger charge is -2.04. The van der Waals surface area contributed by atoms with Crippen molar-refractivity contribution < 1.29 is 23.9 Å². The molecule has 5 nitrogen and oxygen atoms in total. The van der Waals surface area contributed by atoms with Gasteiger partial charge in [0.2, 0.25) is 5.78 Å². The van der Waals surface area contributed by atoms with Crippen LogP contribution in [-0.4, -0.2) is 24.6 Å². The van der Waals surface area contributed by atoms with E-state index in [0.717, 1.165) is 11.1 Å². The molecule has 4 rings (SSSR count). The number of carbonyl (C=O) groups is 3. The summed E-state index contributed by atoms with van der Waals surface area (Å²) in [4.78, 5) is 38.5. The van der Waals surface area contributed by atoms with Crippen molar-refractivity contribution in [3.8, 4) is 5.75 Å². The van der Waals surface area contributed by atoms with Gasteiger partial charge in [-0.1, -0.05) is 72.8 Å². The second-order valence-electron chi connectivity index (χ2n) is 7.51. The lowest BCUT2D eigenvalue weighted by Crippen LogP contribution is -2.21. The summed E-state index contributed by atoms with van der Waals surface area (Å²) in [5, 5.41) is 0. The molecule has 31 heavy (non-hydrogen) atoms. The van der Waals surface area contributed by atoms with Crippen LogP contribution in [0.5, 0.6) is 5.75 Å². The molecular weight excluding hydrogens is 392 g/mol. The topological polar surface area (TPSA) is 69.7 Å². The highest BCUT2D eigenvalue weighted by molar-refractivity contribution is 6.36. The normalized spacial score (nSPS) is 19.3. The minimum absolute atomic E-state index is 0.0165. The van der Waals surface area contributed by atoms with Crippen molar-refractivity contribution in [2.75, 3.05) is 7.11 Å². The quantitative estimate of drug-likeness (QED) is 0.314. The smallest absolute Gasteiger partial charge is 0.375 e. The van der Waals surface area contributed by atoms with E-state index in [2.05, 4.69) is 0 Å². The van der Waals surface area contributed by atoms with E-state index in [0.29, 0.717) is 11.3 Å². The molecule has 156 valence electrons. The maximum Gasteiger partial charge on any atom is 0.375 e. The molecular formula is C26H22O5. The highest BCUT2D eigenvalue weighted by Gasteiger charge is 2.60. The van der Waals surface area contributed by atoms with Crippen LogP contribution in [0.4, 0.5) is 0 Å². The van der Waals surface area contributed by atoms with Crippen LogP contribution in [-0.2, 0) is 20.9 Å². The number of benzene rings is 3. The fourth-order valence-corrected chi connectivity index (χ4v) is 3.93. The third-order valence-electron chi connectivity index (χ3n) is 5.60. The van der Waals surface area contributed by atoms with Crippen molar-refractivity contribution in [3.05, 3.63) is 102 Å². The third kappa shape index (κ3) is 4.40. The molecule has 3 atom stereocenters. The van der Waals surface area contributed by atoms with Gasteiger partial charge in [0.25, 0.3) is 0 Å². The molecule has 1 aliphatic rings. The van der Waals surface area contributed by atoms with Gasteiger partial charge in [0.05, 0.1) is 7.11 Å². The van der Waals surface area contributed by atoms with E-state index in [1.165, 1.54) is 0 Å². The van der Waals surface area contributed by atoms with Gasteiger partial charge in [-0.25, -0.2) is 4.79 Å². The molecule has 0 radical (unpaired) electrons. The van der Waals surface area contributed by atoms with Gasteiger partial charge in [-0.05, 0) is 23.3 Å². The summed E-state index contributed by atoms with van der Waals surface area (Å²) < 4.78 is 10.4. The van der Waals surface area contributed by atoms with Gasteiger partial charge in [-0.2, -0.15) is 0 Å². The zero-order valence-corrected chi connectivity index (χ0v) is 17.1. The maximum atomic E-state index is 13.1. The van der Waals surface area contributed by atoms with Crippen LogP contribution in [0, 0.1) is 11.8 Å². The van der Waals surface area contributed by atoms with Gasteiger partial charge in [-0.15, -0.1) is 0 Å². The number of esters is 1. The minimum atomic E-state index is -0.907. The first-order valence-electron chi connectivity index (χ1n) is 10.1. The molecule has 0 aliphatic heterocycles. The van der Waals surface area contributed by atoms with Crippen molar-refractivity contribution >= 4 is 17.5 Å². The van der Waals surface area contributed by atoms with Gasteiger partial charge < -0.3 is 9.47 Å². The Kier molecular flexibility index (Phi) is 5.94. The van der Waals surface area contributed by atoms with Crippen molar-refractivity contribution in [1.29, 1.82) is 0 Å². The zero-order valence-electron chi connectivity index (χ0n) is 17.1. The predicted molar refractivity (Wildman–Crippen MR) is 115 cm³/mol. The molecule has 0 amide bonds. The molecule has 1 aliphatic carbocycles. The van der Waals surface area contributed by atoms with Crippen LogP contribution < -0.4 is 4.74 Å². The van der Waals surface area contributed by atoms with E-state index in [9.17, 15) is 14.4 Å². The van der Waals surface area contributed by atoms with Crippen LogP contribution in [0.1, 0.15) is 27.4 Å². The standard InChI is InChI=1S/C26H22O5/c1-30-20-14-12-18(13-15-20)21-22(24(27)19-10-6-3-7-11-19)23(21)25(28)26(29)31-16-17-8-4-2-5-9-17/h2-15,21-23H,16H2,1H3/t21-,22-,23+/m0/s1.